The molecule has 0 bridgehead atoms. The van der Waals surface area contributed by atoms with E-state index >= 15 is 0 Å². The fourth-order valence-corrected chi connectivity index (χ4v) is 4.73. The van der Waals surface area contributed by atoms with Gasteiger partial charge in [0.05, 0.1) is 5.51 Å². The van der Waals surface area contributed by atoms with Crippen molar-refractivity contribution in [2.75, 3.05) is 16.8 Å². The molecule has 0 saturated carbocycles. The van der Waals surface area contributed by atoms with Crippen LogP contribution < -0.4 is 10.6 Å². The van der Waals surface area contributed by atoms with Gasteiger partial charge in [-0.3, -0.25) is 14.5 Å². The van der Waals surface area contributed by atoms with Gasteiger partial charge in [-0.1, -0.05) is 0 Å². The second kappa shape index (κ2) is 6.36. The summed E-state index contributed by atoms with van der Waals surface area (Å²) in [6.07, 6.45) is 4.05. The molecule has 2 N–H and O–H groups in total. The van der Waals surface area contributed by atoms with E-state index in [1.807, 2.05) is 19.9 Å². The van der Waals surface area contributed by atoms with Crippen LogP contribution in [-0.4, -0.2) is 49.3 Å². The molecule has 2 aromatic heterocycles. The number of rotatable bonds is 4. The maximum Gasteiger partial charge on any atom is 0.270 e. The Morgan fingerprint density at radius 1 is 1.35 bits per heavy atom. The molecular formula is C16H16N6O2S2. The predicted octanol–water partition coefficient (Wildman–Crippen LogP) is 1.71. The standard InChI is InChI=1S/C16H16N6O2S2/c1-9(12-14(24)21-16(4-25-5-16)22(12)8-23)3-10(2)20-13-11-15(18-6-17-13)26-7-19-11/h3,6-8H,4-5H2,1-2H3,(H,21,24)(H,17,18,20)/b10-3+,12-9-. The lowest BCUT2D eigenvalue weighted by Crippen LogP contribution is -2.61. The van der Waals surface area contributed by atoms with E-state index in [9.17, 15) is 9.59 Å². The van der Waals surface area contributed by atoms with Crippen molar-refractivity contribution in [2.45, 2.75) is 19.5 Å². The molecule has 26 heavy (non-hydrogen) atoms. The topological polar surface area (TPSA) is 100 Å². The average molecular weight is 388 g/mol. The number of fused-ring (bicyclic) bond motifs is 1. The van der Waals surface area contributed by atoms with Crippen molar-refractivity contribution < 1.29 is 9.59 Å². The van der Waals surface area contributed by atoms with Crippen LogP contribution in [0.4, 0.5) is 5.82 Å². The molecular weight excluding hydrogens is 372 g/mol. The zero-order chi connectivity index (χ0) is 18.3. The third-order valence-electron chi connectivity index (χ3n) is 4.31. The molecule has 10 heteroatoms. The average Bonchev–Trinajstić information content (AvgIpc) is 3.16. The van der Waals surface area contributed by atoms with Crippen LogP contribution in [0.2, 0.25) is 0 Å². The number of carbonyl (C=O) groups is 2. The van der Waals surface area contributed by atoms with Gasteiger partial charge in [0, 0.05) is 17.2 Å². The number of hydrogen-bond acceptors (Lipinski definition) is 8. The van der Waals surface area contributed by atoms with Gasteiger partial charge in [-0.05, 0) is 25.5 Å². The van der Waals surface area contributed by atoms with Crippen molar-refractivity contribution >= 4 is 51.6 Å². The molecule has 2 aromatic rings. The Balaban J connectivity index is 1.64. The number of amides is 2. The summed E-state index contributed by atoms with van der Waals surface area (Å²) in [7, 11) is 0. The highest BCUT2D eigenvalue weighted by atomic mass is 32.2. The second-order valence-corrected chi connectivity index (χ2v) is 7.99. The first-order valence-corrected chi connectivity index (χ1v) is 9.93. The summed E-state index contributed by atoms with van der Waals surface area (Å²) in [5.41, 5.74) is 3.74. The summed E-state index contributed by atoms with van der Waals surface area (Å²) in [6, 6.07) is 0. The molecule has 2 saturated heterocycles. The van der Waals surface area contributed by atoms with Gasteiger partial charge in [0.1, 0.15) is 28.0 Å². The molecule has 4 rings (SSSR count). The van der Waals surface area contributed by atoms with E-state index in [-0.39, 0.29) is 5.91 Å². The minimum Gasteiger partial charge on any atom is -0.342 e. The van der Waals surface area contributed by atoms with Gasteiger partial charge < -0.3 is 10.6 Å². The fourth-order valence-electron chi connectivity index (χ4n) is 3.09. The lowest BCUT2D eigenvalue weighted by atomic mass is 10.1. The highest BCUT2D eigenvalue weighted by Crippen LogP contribution is 2.39. The largest absolute Gasteiger partial charge is 0.342 e. The van der Waals surface area contributed by atoms with E-state index in [0.717, 1.165) is 16.9 Å². The molecule has 0 aromatic carbocycles. The summed E-state index contributed by atoms with van der Waals surface area (Å²) < 4.78 is 0. The van der Waals surface area contributed by atoms with Gasteiger partial charge in [0.15, 0.2) is 5.82 Å². The van der Waals surface area contributed by atoms with E-state index in [0.29, 0.717) is 34.1 Å². The normalized spacial score (nSPS) is 20.9. The summed E-state index contributed by atoms with van der Waals surface area (Å²) >= 11 is 3.14. The number of hydrogen-bond donors (Lipinski definition) is 2. The van der Waals surface area contributed by atoms with Gasteiger partial charge in [0.2, 0.25) is 6.41 Å². The van der Waals surface area contributed by atoms with Crippen LogP contribution >= 0.6 is 23.1 Å². The number of aromatic nitrogens is 3. The zero-order valence-electron chi connectivity index (χ0n) is 14.1. The molecule has 134 valence electrons. The molecule has 2 fully saturated rings. The molecule has 0 aliphatic carbocycles. The monoisotopic (exact) mass is 388 g/mol. The van der Waals surface area contributed by atoms with Crippen molar-refractivity contribution in [1.29, 1.82) is 0 Å². The number of anilines is 1. The number of thiazole rings is 1. The van der Waals surface area contributed by atoms with Gasteiger partial charge in [0.25, 0.3) is 5.91 Å². The Morgan fingerprint density at radius 2 is 2.15 bits per heavy atom. The molecule has 2 amide bonds. The van der Waals surface area contributed by atoms with E-state index in [4.69, 9.17) is 0 Å². The summed E-state index contributed by atoms with van der Waals surface area (Å²) in [5.74, 6) is 1.80. The Labute approximate surface area is 157 Å². The van der Waals surface area contributed by atoms with Crippen LogP contribution in [0.25, 0.3) is 10.3 Å². The lowest BCUT2D eigenvalue weighted by molar-refractivity contribution is -0.120. The molecule has 0 unspecified atom stereocenters. The molecule has 0 atom stereocenters. The van der Waals surface area contributed by atoms with Crippen LogP contribution in [0.1, 0.15) is 13.8 Å². The molecule has 8 nitrogen and oxygen atoms in total. The number of allylic oxidation sites excluding steroid dienone is 3. The quantitative estimate of drug-likeness (QED) is 0.607. The van der Waals surface area contributed by atoms with E-state index < -0.39 is 5.66 Å². The highest BCUT2D eigenvalue weighted by molar-refractivity contribution is 8.00. The summed E-state index contributed by atoms with van der Waals surface area (Å²) in [5, 5.41) is 6.14. The minimum absolute atomic E-state index is 0.220. The van der Waals surface area contributed by atoms with Gasteiger partial charge in [-0.25, -0.2) is 15.0 Å². The Hall–Kier alpha value is -2.46. The predicted molar refractivity (Wildman–Crippen MR) is 101 cm³/mol. The third-order valence-corrected chi connectivity index (χ3v) is 6.40. The number of thioether (sulfide) groups is 1. The minimum atomic E-state index is -0.561. The smallest absolute Gasteiger partial charge is 0.270 e. The molecule has 0 radical (unpaired) electrons. The maximum absolute atomic E-state index is 12.4. The first-order chi connectivity index (χ1) is 12.5. The van der Waals surface area contributed by atoms with Crippen LogP contribution in [0.15, 0.2) is 34.9 Å². The summed E-state index contributed by atoms with van der Waals surface area (Å²) in [6.45, 7) is 3.69. The van der Waals surface area contributed by atoms with Crippen molar-refractivity contribution in [3.05, 3.63) is 34.9 Å². The van der Waals surface area contributed by atoms with Crippen molar-refractivity contribution in [1.82, 2.24) is 25.2 Å². The lowest BCUT2D eigenvalue weighted by Gasteiger charge is -2.42. The van der Waals surface area contributed by atoms with Gasteiger partial charge in [-0.15, -0.1) is 11.3 Å². The van der Waals surface area contributed by atoms with Gasteiger partial charge >= 0.3 is 0 Å². The molecule has 1 spiro atoms. The van der Waals surface area contributed by atoms with Crippen LogP contribution in [0.5, 0.6) is 0 Å². The second-order valence-electron chi connectivity index (χ2n) is 6.17. The number of nitrogens with one attached hydrogen (secondary N) is 2. The van der Waals surface area contributed by atoms with Gasteiger partial charge in [-0.2, -0.15) is 11.8 Å². The maximum atomic E-state index is 12.4. The highest BCUT2D eigenvalue weighted by Gasteiger charge is 2.52. The summed E-state index contributed by atoms with van der Waals surface area (Å²) in [4.78, 5) is 39.0. The Morgan fingerprint density at radius 3 is 2.85 bits per heavy atom. The third kappa shape index (κ3) is 2.65. The van der Waals surface area contributed by atoms with E-state index in [1.165, 1.54) is 22.6 Å². The molecule has 2 aliphatic rings. The van der Waals surface area contributed by atoms with Crippen molar-refractivity contribution in [3.63, 3.8) is 0 Å². The molecule has 2 aliphatic heterocycles. The first kappa shape index (κ1) is 17.0. The fraction of sp³-hybridized carbons (Fsp3) is 0.312. The van der Waals surface area contributed by atoms with Crippen molar-refractivity contribution in [2.24, 2.45) is 0 Å². The first-order valence-electron chi connectivity index (χ1n) is 7.89. The van der Waals surface area contributed by atoms with Crippen LogP contribution in [-0.2, 0) is 9.59 Å². The Kier molecular flexibility index (Phi) is 4.16. The Bertz CT molecular complexity index is 963. The SMILES string of the molecule is CC(/C=C(\C)Nc1ncnc2scnc12)=C1\C(=O)NC2(CSC2)N1C=O. The molecule has 4 heterocycles. The number of carbonyl (C=O) groups excluding carboxylic acids is 2. The van der Waals surface area contributed by atoms with E-state index in [2.05, 4.69) is 25.6 Å². The zero-order valence-corrected chi connectivity index (χ0v) is 15.8. The van der Waals surface area contributed by atoms with Crippen LogP contribution in [0, 0.1) is 0 Å². The van der Waals surface area contributed by atoms with E-state index in [1.54, 1.807) is 17.3 Å². The van der Waals surface area contributed by atoms with Crippen LogP contribution in [0.3, 0.4) is 0 Å². The van der Waals surface area contributed by atoms with Crippen molar-refractivity contribution in [3.8, 4) is 0 Å². The number of nitrogens with zero attached hydrogens (tertiary/aromatic N) is 4.